The Kier molecular flexibility index (Phi) is 33.7. The Morgan fingerprint density at radius 1 is 0.487 bits per heavy atom. The predicted molar refractivity (Wildman–Crippen MR) is 282 cm³/mol. The van der Waals surface area contributed by atoms with Crippen molar-refractivity contribution < 1.29 is 63.3 Å². The van der Waals surface area contributed by atoms with E-state index in [1.165, 1.54) is 6.92 Å². The van der Waals surface area contributed by atoms with Crippen LogP contribution >= 0.6 is 0 Å². The number of carboxylic acid groups (broad SMARTS) is 1. The number of aliphatic hydroxyl groups excluding tert-OH is 2. The quantitative estimate of drug-likeness (QED) is 0.0156. The topological polar surface area (TPSA) is 496 Å². The smallest absolute Gasteiger partial charge is 0.326 e. The molecule has 0 fully saturated rings. The number of aliphatic hydroxyl groups is 2. The number of aliphatic carboxylic acids is 1. The molecule has 0 aliphatic heterocycles. The molecule has 0 aromatic carbocycles. The van der Waals surface area contributed by atoms with E-state index in [1.54, 1.807) is 41.5 Å². The molecule has 12 atom stereocenters. The minimum atomic E-state index is -1.80. The average molecular weight is 1090 g/mol. The fraction of sp³-hybridized carbons (Fsp3) is 0.771. The van der Waals surface area contributed by atoms with Crippen LogP contribution in [0.1, 0.15) is 132 Å². The number of guanidine groups is 1. The van der Waals surface area contributed by atoms with E-state index in [-0.39, 0.29) is 70.0 Å². The highest BCUT2D eigenvalue weighted by molar-refractivity contribution is 5.98. The number of hydrogen-bond donors (Lipinski definition) is 17. The molecule has 0 unspecified atom stereocenters. The van der Waals surface area contributed by atoms with E-state index in [0.29, 0.717) is 32.1 Å². The number of hydrogen-bond acceptors (Lipinski definition) is 16. The van der Waals surface area contributed by atoms with Gasteiger partial charge in [-0.3, -0.25) is 48.1 Å². The SMILES string of the molecule is CC[C@H](C)[C@H](NC(=O)[C@@H](NC(=O)[C@H](CCCCN)NC(=O)[C@@H](NC(=O)[C@H](CCC(N)=O)NC(=O)[C@H](CC(C)C)NC(=O)[C@@H](N)CCCN=C(N)N)[C@@H](C)O)[C@@H](C)O)C(=O)N[C@@H](CCCCN)C(=O)N[C@H](C(=O)O)C(C)C. The van der Waals surface area contributed by atoms with E-state index >= 15 is 0 Å². The van der Waals surface area contributed by atoms with Crippen molar-refractivity contribution in [1.82, 2.24) is 42.5 Å². The fourth-order valence-corrected chi connectivity index (χ4v) is 7.54. The molecule has 0 aromatic heterocycles. The summed E-state index contributed by atoms with van der Waals surface area (Å²) >= 11 is 0. The maximum atomic E-state index is 14.1. The molecule has 0 radical (unpaired) electrons. The number of rotatable bonds is 39. The van der Waals surface area contributed by atoms with E-state index in [4.69, 9.17) is 34.4 Å². The first-order chi connectivity index (χ1) is 35.5. The lowest BCUT2D eigenvalue weighted by atomic mass is 9.96. The van der Waals surface area contributed by atoms with E-state index < -0.39 is 144 Å². The van der Waals surface area contributed by atoms with Crippen molar-refractivity contribution in [2.75, 3.05) is 19.6 Å². The van der Waals surface area contributed by atoms with Crippen LogP contribution in [0.2, 0.25) is 0 Å². The van der Waals surface area contributed by atoms with E-state index in [9.17, 15) is 63.3 Å². The Morgan fingerprint density at radius 2 is 0.882 bits per heavy atom. The first-order valence-electron chi connectivity index (χ1n) is 26.0. The van der Waals surface area contributed by atoms with Gasteiger partial charge in [-0.2, -0.15) is 0 Å². The summed E-state index contributed by atoms with van der Waals surface area (Å²) in [4.78, 5) is 138. The second-order valence-electron chi connectivity index (χ2n) is 19.9. The molecule has 0 rings (SSSR count). The standard InChI is InChI=1S/C48H91N15O13/c1-9-26(6)36(44(72)57-30(16-10-12-20-49)40(68)60-35(25(4)5)47(75)76)61-46(74)38(28(8)65)63-41(69)31(17-11-13-21-50)58-45(73)37(27(7)64)62-42(70)32(18-19-34(52)66)56-43(71)33(23-24(2)3)59-39(67)29(51)15-14-22-55-48(53)54/h24-33,35-38,64-65H,9-23,49-51H2,1-8H3,(H2,52,66)(H,56,71)(H,57,72)(H,58,73)(H,59,67)(H,60,68)(H,61,74)(H,62,70)(H,63,69)(H,75,76)(H4,53,54,55)/t26-,27+,28+,29-,30-,31-,32-,33-,35-,36-,37-,38-/m0/s1. The van der Waals surface area contributed by atoms with Crippen molar-refractivity contribution >= 4 is 65.1 Å². The third-order valence-electron chi connectivity index (χ3n) is 12.3. The summed E-state index contributed by atoms with van der Waals surface area (Å²) in [7, 11) is 0. The second-order valence-corrected chi connectivity index (χ2v) is 19.9. The molecule has 28 nitrogen and oxygen atoms in total. The van der Waals surface area contributed by atoms with Crippen molar-refractivity contribution in [1.29, 1.82) is 0 Å². The van der Waals surface area contributed by atoms with Gasteiger partial charge in [-0.15, -0.1) is 0 Å². The summed E-state index contributed by atoms with van der Waals surface area (Å²) in [6.45, 7) is 13.2. The van der Waals surface area contributed by atoms with Crippen molar-refractivity contribution in [3.05, 3.63) is 0 Å². The summed E-state index contributed by atoms with van der Waals surface area (Å²) in [5.74, 6) is -10.8. The van der Waals surface area contributed by atoms with E-state index in [0.717, 1.165) is 6.92 Å². The first kappa shape index (κ1) is 69.8. The molecule has 436 valence electrons. The molecule has 28 heteroatoms. The Labute approximate surface area is 445 Å². The highest BCUT2D eigenvalue weighted by Gasteiger charge is 2.38. The Morgan fingerprint density at radius 3 is 1.28 bits per heavy atom. The molecule has 0 bridgehead atoms. The molecular formula is C48H91N15O13. The van der Waals surface area contributed by atoms with Crippen LogP contribution in [0, 0.1) is 17.8 Å². The summed E-state index contributed by atoms with van der Waals surface area (Å²) in [6, 6.07) is -12.7. The summed E-state index contributed by atoms with van der Waals surface area (Å²) in [5, 5.41) is 51.3. The molecule has 0 aliphatic rings. The van der Waals surface area contributed by atoms with Crippen molar-refractivity contribution in [2.45, 2.75) is 199 Å². The largest absolute Gasteiger partial charge is 0.480 e. The molecule has 0 saturated heterocycles. The maximum absolute atomic E-state index is 14.1. The monoisotopic (exact) mass is 1090 g/mol. The number of carboxylic acids is 1. The molecule has 0 saturated carbocycles. The van der Waals surface area contributed by atoms with E-state index in [1.807, 2.05) is 0 Å². The van der Waals surface area contributed by atoms with Crippen LogP contribution in [0.25, 0.3) is 0 Å². The van der Waals surface area contributed by atoms with Crippen LogP contribution in [-0.4, -0.2) is 167 Å². The number of unbranched alkanes of at least 4 members (excludes halogenated alkanes) is 2. The molecule has 76 heavy (non-hydrogen) atoms. The van der Waals surface area contributed by atoms with Gasteiger partial charge in [0.2, 0.25) is 53.2 Å². The van der Waals surface area contributed by atoms with Crippen LogP contribution in [0.4, 0.5) is 0 Å². The summed E-state index contributed by atoms with van der Waals surface area (Å²) in [6.07, 6.45) is -1.66. The number of carbonyl (C=O) groups is 10. The van der Waals surface area contributed by atoms with Crippen LogP contribution in [0.5, 0.6) is 0 Å². The molecule has 0 spiro atoms. The number of nitrogens with two attached hydrogens (primary N) is 6. The first-order valence-corrected chi connectivity index (χ1v) is 26.0. The maximum Gasteiger partial charge on any atom is 0.326 e. The molecule has 0 heterocycles. The van der Waals surface area contributed by atoms with Gasteiger partial charge in [-0.05, 0) is 109 Å². The Hall–Kier alpha value is -6.23. The minimum absolute atomic E-state index is 0.0808. The average Bonchev–Trinajstić information content (AvgIpc) is 3.33. The van der Waals surface area contributed by atoms with Gasteiger partial charge in [0.05, 0.1) is 18.2 Å². The lowest BCUT2D eigenvalue weighted by Crippen LogP contribution is -2.63. The lowest BCUT2D eigenvalue weighted by Gasteiger charge is -2.30. The van der Waals surface area contributed by atoms with Crippen molar-refractivity contribution in [2.24, 2.45) is 57.1 Å². The third kappa shape index (κ3) is 27.0. The molecule has 0 aromatic rings. The molecular weight excluding hydrogens is 995 g/mol. The van der Waals surface area contributed by atoms with Crippen molar-refractivity contribution in [3.8, 4) is 0 Å². The number of nitrogens with one attached hydrogen (secondary N) is 8. The number of primary amides is 1. The van der Waals surface area contributed by atoms with Crippen LogP contribution in [0.15, 0.2) is 4.99 Å². The molecule has 9 amide bonds. The summed E-state index contributed by atoms with van der Waals surface area (Å²) in [5.41, 5.74) is 33.5. The Bertz CT molecular complexity index is 1920. The highest BCUT2D eigenvalue weighted by atomic mass is 16.4. The van der Waals surface area contributed by atoms with E-state index in [2.05, 4.69) is 47.5 Å². The highest BCUT2D eigenvalue weighted by Crippen LogP contribution is 2.14. The molecule has 0 aliphatic carbocycles. The number of carbonyl (C=O) groups excluding carboxylic acids is 9. The second kappa shape index (κ2) is 36.7. The fourth-order valence-electron chi connectivity index (χ4n) is 7.54. The minimum Gasteiger partial charge on any atom is -0.480 e. The predicted octanol–water partition coefficient (Wildman–Crippen LogP) is -4.64. The zero-order valence-corrected chi connectivity index (χ0v) is 45.5. The van der Waals surface area contributed by atoms with Gasteiger partial charge in [-0.25, -0.2) is 4.79 Å². The zero-order chi connectivity index (χ0) is 58.4. The Balaban J connectivity index is 6.64. The number of nitrogens with zero attached hydrogens (tertiary/aromatic N) is 1. The number of aliphatic imine (C=N–C) groups is 1. The van der Waals surface area contributed by atoms with Crippen molar-refractivity contribution in [3.63, 3.8) is 0 Å². The normalized spacial score (nSPS) is 16.0. The van der Waals surface area contributed by atoms with Gasteiger partial charge in [-0.1, -0.05) is 48.0 Å². The van der Waals surface area contributed by atoms with Gasteiger partial charge in [0.1, 0.15) is 48.3 Å². The zero-order valence-electron chi connectivity index (χ0n) is 45.5. The van der Waals surface area contributed by atoms with Gasteiger partial charge in [0.25, 0.3) is 0 Å². The third-order valence-corrected chi connectivity index (χ3v) is 12.3. The molecule has 23 N–H and O–H groups in total. The summed E-state index contributed by atoms with van der Waals surface area (Å²) < 4.78 is 0. The van der Waals surface area contributed by atoms with Gasteiger partial charge < -0.3 is 92.3 Å². The van der Waals surface area contributed by atoms with Gasteiger partial charge in [0, 0.05) is 13.0 Å². The van der Waals surface area contributed by atoms with Crippen LogP contribution in [0.3, 0.4) is 0 Å². The van der Waals surface area contributed by atoms with Crippen LogP contribution in [-0.2, 0) is 47.9 Å². The van der Waals surface area contributed by atoms with Gasteiger partial charge >= 0.3 is 5.97 Å². The van der Waals surface area contributed by atoms with Crippen LogP contribution < -0.4 is 76.9 Å². The number of amides is 9. The lowest BCUT2D eigenvalue weighted by molar-refractivity contribution is -0.143. The van der Waals surface area contributed by atoms with Gasteiger partial charge in [0.15, 0.2) is 5.96 Å².